The zero-order valence-corrected chi connectivity index (χ0v) is 77.9. The number of benzene rings is 14. The second kappa shape index (κ2) is 43.3. The van der Waals surface area contributed by atoms with Crippen molar-refractivity contribution in [1.82, 2.24) is 38.2 Å². The van der Waals surface area contributed by atoms with Crippen molar-refractivity contribution in [3.63, 3.8) is 0 Å². The molecule has 6 aromatic heterocycles. The van der Waals surface area contributed by atoms with Crippen LogP contribution in [0.4, 0.5) is 4.39 Å². The van der Waals surface area contributed by atoms with Crippen LogP contribution in [0.25, 0.3) is 115 Å². The Morgan fingerprint density at radius 2 is 0.572 bits per heavy atom. The lowest BCUT2D eigenvalue weighted by Crippen LogP contribution is -2.23. The van der Waals surface area contributed by atoms with Crippen molar-refractivity contribution in [1.29, 1.82) is 0 Å². The molecule has 0 saturated heterocycles. The number of para-hydroxylation sites is 4. The highest BCUT2D eigenvalue weighted by Gasteiger charge is 2.20. The molecular weight excluding hydrogens is 1760 g/mol. The van der Waals surface area contributed by atoms with E-state index in [-0.39, 0.29) is 33.8 Å². The van der Waals surface area contributed by atoms with Crippen LogP contribution in [-0.2, 0) is 0 Å². The minimum atomic E-state index is -0.297. The average Bonchev–Trinajstić information content (AvgIpc) is 1.06. The molecule has 0 atom stereocenters. The van der Waals surface area contributed by atoms with Gasteiger partial charge >= 0.3 is 0 Å². The first-order valence-electron chi connectivity index (χ1n) is 44.2. The first-order chi connectivity index (χ1) is 67.3. The predicted molar refractivity (Wildman–Crippen MR) is 567 cm³/mol. The molecule has 0 fully saturated rings. The number of halogens is 2. The van der Waals surface area contributed by atoms with Crippen molar-refractivity contribution in [2.75, 3.05) is 0 Å². The first-order valence-corrected chi connectivity index (χ1v) is 46.3. The molecule has 0 spiro atoms. The fourth-order valence-electron chi connectivity index (χ4n) is 15.4. The maximum absolute atomic E-state index is 13.6. The van der Waals surface area contributed by atoms with Crippen LogP contribution in [-0.4, -0.2) is 43.3 Å². The number of rotatable bonds is 12. The van der Waals surface area contributed by atoms with E-state index in [2.05, 4.69) is 66.4 Å². The zero-order chi connectivity index (χ0) is 95.4. The Labute approximate surface area is 810 Å². The van der Waals surface area contributed by atoms with E-state index in [1.54, 1.807) is 83.4 Å². The van der Waals surface area contributed by atoms with Crippen LogP contribution >= 0.6 is 34.3 Å². The Morgan fingerprint density at radius 1 is 0.283 bits per heavy atom. The molecule has 13 nitrogen and oxygen atoms in total. The molecule has 0 amide bonds. The van der Waals surface area contributed by atoms with E-state index in [0.29, 0.717) is 71.9 Å². The molecule has 17 heteroatoms. The Hall–Kier alpha value is -17.7. The van der Waals surface area contributed by atoms with Crippen LogP contribution in [0.2, 0.25) is 5.02 Å². The number of nitrogens with zero attached hydrogens (tertiary/aromatic N) is 8. The van der Waals surface area contributed by atoms with Crippen LogP contribution in [0.1, 0.15) is 117 Å². The molecule has 14 aromatic carbocycles. The van der Waals surface area contributed by atoms with Crippen molar-refractivity contribution in [2.24, 2.45) is 0 Å². The van der Waals surface area contributed by atoms with Crippen molar-refractivity contribution in [2.45, 2.75) is 34.6 Å². The molecule has 0 radical (unpaired) electrons. The van der Waals surface area contributed by atoms with E-state index < -0.39 is 0 Å². The third-order valence-electron chi connectivity index (χ3n) is 22.4. The average molecular weight is 1850 g/mol. The van der Waals surface area contributed by atoms with Gasteiger partial charge in [-0.25, -0.2) is 24.3 Å². The predicted octanol–water partition coefficient (Wildman–Crippen LogP) is 26.0. The summed E-state index contributed by atoms with van der Waals surface area (Å²) in [4.78, 5) is 75.5. The van der Waals surface area contributed by atoms with Gasteiger partial charge in [0.15, 0.2) is 0 Å². The van der Waals surface area contributed by atoms with Gasteiger partial charge in [-0.05, 0) is 314 Å². The smallest absolute Gasteiger partial charge is 0.266 e. The molecule has 0 aliphatic carbocycles. The standard InChI is InChI=1S/C31H21ClN2O.C31H21FN2O.C30H22N2OS.C29H20N2O2S/c2*1-22-21-25(12-11-23-7-3-2-4-8-23)15-19-29(22)34-30(20-16-24-13-17-26(32)18-14-24)33-28-10-6-5-9-27(28)31(34)35;1-21-8-3-4-9-24(21)15-18-29-31-27-12-6-5-11-26(27)30(33)32(29)28-17-14-23(20-22(28)2)13-16-25-10-7-19-34-25;1-20-19-22(10-15-24-5-4-18-34-24)11-16-27(20)31-28(17-12-21-8-13-23(32)14-9-21)30-26-7-3-2-6-25(26)29(31)33/h2*2-10,13-21H,1H3;3-12,14-15,17-20H,1-2H3;2-9,11-14,16-19,32H,1H3/b2*20-16+;18-15+;17-12+. The molecule has 0 unspecified atom stereocenters. The van der Waals surface area contributed by atoms with Crippen molar-refractivity contribution in [3.8, 4) is 75.9 Å². The summed E-state index contributed by atoms with van der Waals surface area (Å²) in [5, 5.41) is 16.5. The molecule has 664 valence electrons. The van der Waals surface area contributed by atoms with Crippen LogP contribution in [0, 0.1) is 87.8 Å². The number of aryl methyl sites for hydroxylation is 5. The number of hydrogen-bond acceptors (Lipinski definition) is 11. The largest absolute Gasteiger partial charge is 0.508 e. The van der Waals surface area contributed by atoms with E-state index in [1.165, 1.54) is 17.7 Å². The third-order valence-corrected chi connectivity index (χ3v) is 24.2. The van der Waals surface area contributed by atoms with Crippen LogP contribution in [0.15, 0.2) is 382 Å². The fourth-order valence-corrected chi connectivity index (χ4v) is 16.7. The number of phenolic OH excluding ortho intramolecular Hbond substituents is 1. The summed E-state index contributed by atoms with van der Waals surface area (Å²) in [5.74, 6) is 27.6. The lowest BCUT2D eigenvalue weighted by atomic mass is 10.1. The molecule has 0 aliphatic rings. The maximum atomic E-state index is 13.6. The molecule has 20 aromatic rings. The van der Waals surface area contributed by atoms with Crippen molar-refractivity contribution >= 4 is 126 Å². The van der Waals surface area contributed by atoms with Gasteiger partial charge in [0.05, 0.1) is 76.1 Å². The molecule has 0 saturated carbocycles. The van der Waals surface area contributed by atoms with E-state index in [0.717, 1.165) is 110 Å². The van der Waals surface area contributed by atoms with Crippen LogP contribution < -0.4 is 22.2 Å². The number of aromatic hydroxyl groups is 1. The molecule has 20 rings (SSSR count). The van der Waals surface area contributed by atoms with E-state index in [1.807, 2.05) is 372 Å². The van der Waals surface area contributed by atoms with Crippen LogP contribution in [0.3, 0.4) is 0 Å². The summed E-state index contributed by atoms with van der Waals surface area (Å²) in [6, 6.07) is 109. The summed E-state index contributed by atoms with van der Waals surface area (Å²) in [5.41, 5.74) is 19.3. The lowest BCUT2D eigenvalue weighted by Gasteiger charge is -2.14. The van der Waals surface area contributed by atoms with E-state index in [4.69, 9.17) is 31.5 Å². The highest BCUT2D eigenvalue weighted by atomic mass is 35.5. The normalized spacial score (nSPS) is 10.9. The summed E-state index contributed by atoms with van der Waals surface area (Å²) in [6.07, 6.45) is 15.0. The first kappa shape index (κ1) is 92.1. The van der Waals surface area contributed by atoms with Gasteiger partial charge in [-0.2, -0.15) is 0 Å². The second-order valence-corrected chi connectivity index (χ2v) is 34.4. The lowest BCUT2D eigenvalue weighted by molar-refractivity contribution is 0.475. The molecule has 0 aliphatic heterocycles. The molecule has 0 bridgehead atoms. The van der Waals surface area contributed by atoms with E-state index >= 15 is 0 Å². The second-order valence-electron chi connectivity index (χ2n) is 32.1. The van der Waals surface area contributed by atoms with Crippen molar-refractivity contribution < 1.29 is 9.50 Å². The molecular formula is C121H84ClFN8O5S2. The quantitative estimate of drug-likeness (QED) is 0.117. The topological polar surface area (TPSA) is 160 Å². The van der Waals surface area contributed by atoms with Gasteiger partial charge in [0.1, 0.15) is 34.9 Å². The number of phenols is 1. The highest BCUT2D eigenvalue weighted by molar-refractivity contribution is 7.10. The minimum Gasteiger partial charge on any atom is -0.508 e. The van der Waals surface area contributed by atoms with Crippen LogP contribution in [0.5, 0.6) is 5.75 Å². The Morgan fingerprint density at radius 3 is 0.899 bits per heavy atom. The zero-order valence-electron chi connectivity index (χ0n) is 75.5. The minimum absolute atomic E-state index is 0.0875. The Balaban J connectivity index is 0.000000127. The van der Waals surface area contributed by atoms with Gasteiger partial charge in [0.25, 0.3) is 22.2 Å². The number of thiophene rings is 2. The summed E-state index contributed by atoms with van der Waals surface area (Å²) >= 11 is 9.24. The fraction of sp³-hybridized carbons (Fsp3) is 0.0413. The molecule has 1 N–H and O–H groups in total. The molecule has 6 heterocycles. The van der Waals surface area contributed by atoms with Gasteiger partial charge in [-0.3, -0.25) is 37.4 Å². The van der Waals surface area contributed by atoms with Crippen molar-refractivity contribution in [3.05, 3.63) is 531 Å². The summed E-state index contributed by atoms with van der Waals surface area (Å²) in [6.45, 7) is 9.99. The Kier molecular flexibility index (Phi) is 28.9. The number of fused-ring (bicyclic) bond motifs is 4. The SMILES string of the molecule is Cc1cc(C#Cc2ccccc2)ccc1-n1c(/C=C/c2ccc(Cl)cc2)nc2ccccc2c1=O.Cc1cc(C#Cc2ccccc2)ccc1-n1c(/C=C/c2ccc(F)cc2)nc2ccccc2c1=O.Cc1cc(C#Cc2cccs2)ccc1-n1c(/C=C/c2ccc(O)cc2)nc2ccccc2c1=O.Cc1ccccc1/C=C/c1nc2ccccc2c(=O)n1-c1ccc(C#Cc2cccs2)cc1C. The summed E-state index contributed by atoms with van der Waals surface area (Å²) < 4.78 is 19.9. The van der Waals surface area contributed by atoms with E-state index in [9.17, 15) is 28.7 Å². The highest BCUT2D eigenvalue weighted by Crippen LogP contribution is 2.28. The summed E-state index contributed by atoms with van der Waals surface area (Å²) in [7, 11) is 0. The van der Waals surface area contributed by atoms with Gasteiger partial charge in [-0.1, -0.05) is 241 Å². The van der Waals surface area contributed by atoms with Gasteiger partial charge in [0, 0.05) is 38.4 Å². The van der Waals surface area contributed by atoms with Gasteiger partial charge in [-0.15, -0.1) is 22.7 Å². The maximum Gasteiger partial charge on any atom is 0.266 e. The number of aromatic nitrogens is 8. The molecule has 138 heavy (non-hydrogen) atoms. The number of hydrogen-bond donors (Lipinski definition) is 1. The third kappa shape index (κ3) is 22.4. The van der Waals surface area contributed by atoms with Gasteiger partial charge in [0.2, 0.25) is 0 Å². The monoisotopic (exact) mass is 1850 g/mol. The Bertz CT molecular complexity index is 8400. The van der Waals surface area contributed by atoms with Gasteiger partial charge < -0.3 is 5.11 Å².